The van der Waals surface area contributed by atoms with Gasteiger partial charge in [0, 0.05) is 13.1 Å². The second-order valence-corrected chi connectivity index (χ2v) is 4.18. The third-order valence-corrected chi connectivity index (χ3v) is 2.84. The van der Waals surface area contributed by atoms with Gasteiger partial charge in [0.2, 0.25) is 0 Å². The normalized spacial score (nSPS) is 19.2. The molecule has 1 aliphatic heterocycles. The summed E-state index contributed by atoms with van der Waals surface area (Å²) in [5, 5.41) is 2.71. The van der Waals surface area contributed by atoms with Crippen LogP contribution in [-0.2, 0) is 4.79 Å². The lowest BCUT2D eigenvalue weighted by Gasteiger charge is -2.22. The van der Waals surface area contributed by atoms with E-state index in [1.807, 2.05) is 4.90 Å². The van der Waals surface area contributed by atoms with Gasteiger partial charge in [-0.2, -0.15) is 0 Å². The molecule has 2 amide bonds. The van der Waals surface area contributed by atoms with Gasteiger partial charge in [0.15, 0.2) is 5.78 Å². The number of nitrogens with zero attached hydrogens (tertiary/aromatic N) is 1. The molecule has 1 saturated heterocycles. The molecule has 1 fully saturated rings. The Labute approximate surface area is 91.0 Å². The van der Waals surface area contributed by atoms with Crippen LogP contribution in [0.4, 0.5) is 4.79 Å². The van der Waals surface area contributed by atoms with E-state index in [1.54, 1.807) is 6.92 Å². The molecule has 0 spiro atoms. The fourth-order valence-corrected chi connectivity index (χ4v) is 1.65. The lowest BCUT2D eigenvalue weighted by molar-refractivity contribution is -0.118. The Kier molecular flexibility index (Phi) is 4.59. The second kappa shape index (κ2) is 5.73. The molecular formula is C11H20N2O2. The highest BCUT2D eigenvalue weighted by molar-refractivity contribution is 5.86. The first kappa shape index (κ1) is 12.0. The lowest BCUT2D eigenvalue weighted by atomic mass is 10.2. The Balaban J connectivity index is 2.41. The summed E-state index contributed by atoms with van der Waals surface area (Å²) in [5.74, 6) is -0.00169. The average molecular weight is 212 g/mol. The van der Waals surface area contributed by atoms with Crippen molar-refractivity contribution in [2.45, 2.75) is 45.6 Å². The highest BCUT2D eigenvalue weighted by atomic mass is 16.2. The van der Waals surface area contributed by atoms with E-state index < -0.39 is 0 Å². The Morgan fingerprint density at radius 3 is 2.13 bits per heavy atom. The number of hydrogen-bond acceptors (Lipinski definition) is 2. The first-order chi connectivity index (χ1) is 7.11. The molecule has 1 unspecified atom stereocenters. The molecule has 1 heterocycles. The van der Waals surface area contributed by atoms with Gasteiger partial charge in [0.05, 0.1) is 6.04 Å². The molecule has 1 aliphatic rings. The summed E-state index contributed by atoms with van der Waals surface area (Å²) < 4.78 is 0. The molecule has 0 aromatic rings. The number of urea groups is 1. The van der Waals surface area contributed by atoms with Crippen molar-refractivity contribution in [3.05, 3.63) is 0 Å². The fraction of sp³-hybridized carbons (Fsp3) is 0.818. The predicted octanol–water partition coefficient (Wildman–Crippen LogP) is 1.55. The number of Topliss-reactive ketones (excluding diaryl/α,β-unsaturated/α-hetero) is 1. The van der Waals surface area contributed by atoms with E-state index in [-0.39, 0.29) is 17.9 Å². The van der Waals surface area contributed by atoms with E-state index >= 15 is 0 Å². The summed E-state index contributed by atoms with van der Waals surface area (Å²) in [6.45, 7) is 4.85. The Hall–Kier alpha value is -1.06. The lowest BCUT2D eigenvalue weighted by Crippen LogP contribution is -2.46. The largest absolute Gasteiger partial charge is 0.328 e. The molecule has 1 rings (SSSR count). The smallest absolute Gasteiger partial charge is 0.317 e. The number of ketones is 1. The molecule has 4 nitrogen and oxygen atoms in total. The summed E-state index contributed by atoms with van der Waals surface area (Å²) in [4.78, 5) is 24.5. The van der Waals surface area contributed by atoms with Crippen LogP contribution < -0.4 is 5.32 Å². The van der Waals surface area contributed by atoms with E-state index in [0.29, 0.717) is 0 Å². The number of carbonyl (C=O) groups is 2. The van der Waals surface area contributed by atoms with Crippen LogP contribution in [0, 0.1) is 0 Å². The Bertz CT molecular complexity index is 233. The summed E-state index contributed by atoms with van der Waals surface area (Å²) >= 11 is 0. The van der Waals surface area contributed by atoms with Crippen molar-refractivity contribution >= 4 is 11.8 Å². The van der Waals surface area contributed by atoms with Crippen LogP contribution in [-0.4, -0.2) is 35.8 Å². The number of carbonyl (C=O) groups excluding carboxylic acids is 2. The van der Waals surface area contributed by atoms with Crippen LogP contribution in [0.1, 0.15) is 39.5 Å². The highest BCUT2D eigenvalue weighted by Gasteiger charge is 2.18. The number of hydrogen-bond donors (Lipinski definition) is 1. The number of amides is 2. The van der Waals surface area contributed by atoms with Crippen molar-refractivity contribution in [1.82, 2.24) is 10.2 Å². The zero-order valence-electron chi connectivity index (χ0n) is 9.58. The molecule has 0 radical (unpaired) electrons. The van der Waals surface area contributed by atoms with Crippen molar-refractivity contribution in [3.63, 3.8) is 0 Å². The van der Waals surface area contributed by atoms with Gasteiger partial charge in [-0.3, -0.25) is 4.79 Å². The third-order valence-electron chi connectivity index (χ3n) is 2.84. The molecule has 0 saturated carbocycles. The van der Waals surface area contributed by atoms with Gasteiger partial charge < -0.3 is 10.2 Å². The van der Waals surface area contributed by atoms with Crippen LogP contribution in [0.25, 0.3) is 0 Å². The maximum atomic E-state index is 11.7. The van der Waals surface area contributed by atoms with Crippen molar-refractivity contribution in [2.75, 3.05) is 13.1 Å². The van der Waals surface area contributed by atoms with Crippen LogP contribution >= 0.6 is 0 Å². The van der Waals surface area contributed by atoms with Crippen LogP contribution in [0.15, 0.2) is 0 Å². The molecule has 0 bridgehead atoms. The third kappa shape index (κ3) is 3.90. The minimum Gasteiger partial charge on any atom is -0.328 e. The topological polar surface area (TPSA) is 49.4 Å². The molecule has 4 heteroatoms. The maximum Gasteiger partial charge on any atom is 0.317 e. The van der Waals surface area contributed by atoms with Crippen molar-refractivity contribution in [3.8, 4) is 0 Å². The van der Waals surface area contributed by atoms with E-state index in [9.17, 15) is 9.59 Å². The number of likely N-dealkylation sites (tertiary alicyclic amines) is 1. The van der Waals surface area contributed by atoms with Gasteiger partial charge >= 0.3 is 6.03 Å². The first-order valence-corrected chi connectivity index (χ1v) is 5.67. The molecule has 15 heavy (non-hydrogen) atoms. The van der Waals surface area contributed by atoms with Gasteiger partial charge in [-0.15, -0.1) is 0 Å². The number of nitrogens with one attached hydrogen (secondary N) is 1. The highest BCUT2D eigenvalue weighted by Crippen LogP contribution is 2.09. The van der Waals surface area contributed by atoms with Crippen LogP contribution in [0.2, 0.25) is 0 Å². The molecule has 0 aromatic carbocycles. The van der Waals surface area contributed by atoms with E-state index in [1.165, 1.54) is 19.8 Å². The summed E-state index contributed by atoms with van der Waals surface area (Å²) in [6.07, 6.45) is 4.54. The predicted molar refractivity (Wildman–Crippen MR) is 58.7 cm³/mol. The van der Waals surface area contributed by atoms with Crippen LogP contribution in [0.3, 0.4) is 0 Å². The minimum atomic E-state index is -0.374. The fourth-order valence-electron chi connectivity index (χ4n) is 1.65. The SMILES string of the molecule is CC(=O)C(C)NC(=O)N1CCCCCC1. The Morgan fingerprint density at radius 1 is 1.13 bits per heavy atom. The first-order valence-electron chi connectivity index (χ1n) is 5.67. The van der Waals surface area contributed by atoms with Crippen molar-refractivity contribution in [2.24, 2.45) is 0 Å². The molecule has 0 aliphatic carbocycles. The summed E-state index contributed by atoms with van der Waals surface area (Å²) in [7, 11) is 0. The summed E-state index contributed by atoms with van der Waals surface area (Å²) in [5.41, 5.74) is 0. The maximum absolute atomic E-state index is 11.7. The van der Waals surface area contributed by atoms with Crippen molar-refractivity contribution in [1.29, 1.82) is 0 Å². The minimum absolute atomic E-state index is 0.00169. The molecular weight excluding hydrogens is 192 g/mol. The van der Waals surface area contributed by atoms with Gasteiger partial charge in [-0.05, 0) is 26.7 Å². The molecule has 0 aromatic heterocycles. The van der Waals surface area contributed by atoms with E-state index in [2.05, 4.69) is 5.32 Å². The van der Waals surface area contributed by atoms with Gasteiger partial charge in [0.25, 0.3) is 0 Å². The van der Waals surface area contributed by atoms with Gasteiger partial charge in [-0.1, -0.05) is 12.8 Å². The zero-order valence-corrected chi connectivity index (χ0v) is 9.58. The number of rotatable bonds is 2. The monoisotopic (exact) mass is 212 g/mol. The van der Waals surface area contributed by atoms with Gasteiger partial charge in [-0.25, -0.2) is 4.79 Å². The van der Waals surface area contributed by atoms with E-state index in [0.717, 1.165) is 25.9 Å². The molecule has 86 valence electrons. The standard InChI is InChI=1S/C11H20N2O2/c1-9(10(2)14)12-11(15)13-7-5-3-4-6-8-13/h9H,3-8H2,1-2H3,(H,12,15). The molecule has 1 atom stereocenters. The zero-order chi connectivity index (χ0) is 11.3. The molecule has 1 N–H and O–H groups in total. The van der Waals surface area contributed by atoms with Crippen molar-refractivity contribution < 1.29 is 9.59 Å². The summed E-state index contributed by atoms with van der Waals surface area (Å²) in [6, 6.07) is -0.472. The Morgan fingerprint density at radius 2 is 1.67 bits per heavy atom. The average Bonchev–Trinajstić information content (AvgIpc) is 2.45. The quantitative estimate of drug-likeness (QED) is 0.755. The van der Waals surface area contributed by atoms with Gasteiger partial charge in [0.1, 0.15) is 0 Å². The second-order valence-electron chi connectivity index (χ2n) is 4.18. The van der Waals surface area contributed by atoms with Crippen LogP contribution in [0.5, 0.6) is 0 Å². The van der Waals surface area contributed by atoms with E-state index in [4.69, 9.17) is 0 Å².